The van der Waals surface area contributed by atoms with E-state index in [0.29, 0.717) is 0 Å². The molecular formula is C40H28N2. The number of para-hydroxylation sites is 2. The standard InChI is InChI=1S/C40H28N2/c1-3-11-29(12-4-1)31-19-23-35(24-20-31)41-37-17-9-10-18-38(37)42(40-28-34-16-8-7-15-33(34)27-39(40)41)36-25-21-32(22-26-36)30-13-5-2-6-14-30/h1-28H. The molecule has 1 aliphatic rings. The van der Waals surface area contributed by atoms with Gasteiger partial charge in [0.05, 0.1) is 22.7 Å². The molecule has 0 saturated carbocycles. The molecule has 8 rings (SSSR count). The van der Waals surface area contributed by atoms with Crippen molar-refractivity contribution >= 4 is 44.9 Å². The Labute approximate surface area is 246 Å². The third-order valence-corrected chi connectivity index (χ3v) is 8.15. The molecule has 0 atom stereocenters. The van der Waals surface area contributed by atoms with Gasteiger partial charge < -0.3 is 9.80 Å². The van der Waals surface area contributed by atoms with Crippen molar-refractivity contribution in [2.24, 2.45) is 0 Å². The van der Waals surface area contributed by atoms with E-state index in [1.54, 1.807) is 0 Å². The molecule has 2 nitrogen and oxygen atoms in total. The number of rotatable bonds is 4. The van der Waals surface area contributed by atoms with Crippen molar-refractivity contribution < 1.29 is 0 Å². The van der Waals surface area contributed by atoms with Crippen LogP contribution < -0.4 is 9.80 Å². The molecule has 2 heteroatoms. The van der Waals surface area contributed by atoms with E-state index in [1.165, 1.54) is 33.0 Å². The van der Waals surface area contributed by atoms with E-state index in [2.05, 4.69) is 180 Å². The van der Waals surface area contributed by atoms with Crippen molar-refractivity contribution in [1.29, 1.82) is 0 Å². The minimum absolute atomic E-state index is 1.14. The molecule has 1 aliphatic heterocycles. The fourth-order valence-electron chi connectivity index (χ4n) is 6.10. The largest absolute Gasteiger partial charge is 0.306 e. The molecule has 0 radical (unpaired) electrons. The van der Waals surface area contributed by atoms with Crippen molar-refractivity contribution in [3.63, 3.8) is 0 Å². The number of fused-ring (bicyclic) bond motifs is 3. The maximum absolute atomic E-state index is 2.40. The van der Waals surface area contributed by atoms with Gasteiger partial charge >= 0.3 is 0 Å². The van der Waals surface area contributed by atoms with Crippen LogP contribution in [-0.4, -0.2) is 0 Å². The predicted molar refractivity (Wildman–Crippen MR) is 178 cm³/mol. The summed E-state index contributed by atoms with van der Waals surface area (Å²) in [5.74, 6) is 0. The summed E-state index contributed by atoms with van der Waals surface area (Å²) in [7, 11) is 0. The molecule has 0 spiro atoms. The van der Waals surface area contributed by atoms with Crippen LogP contribution >= 0.6 is 0 Å². The molecule has 0 amide bonds. The average Bonchev–Trinajstić information content (AvgIpc) is 3.07. The van der Waals surface area contributed by atoms with E-state index in [9.17, 15) is 0 Å². The molecule has 1 heterocycles. The molecule has 198 valence electrons. The maximum Gasteiger partial charge on any atom is 0.0709 e. The molecular weight excluding hydrogens is 508 g/mol. The lowest BCUT2D eigenvalue weighted by atomic mass is 9.99. The van der Waals surface area contributed by atoms with Crippen LogP contribution in [0.2, 0.25) is 0 Å². The summed E-state index contributed by atoms with van der Waals surface area (Å²) in [5, 5.41) is 2.45. The third-order valence-electron chi connectivity index (χ3n) is 8.15. The van der Waals surface area contributed by atoms with E-state index in [4.69, 9.17) is 0 Å². The topological polar surface area (TPSA) is 6.48 Å². The first-order valence-electron chi connectivity index (χ1n) is 14.4. The Morgan fingerprint density at radius 1 is 0.262 bits per heavy atom. The number of benzene rings is 7. The van der Waals surface area contributed by atoms with Gasteiger partial charge in [-0.05, 0) is 81.6 Å². The lowest BCUT2D eigenvalue weighted by Gasteiger charge is -2.40. The Balaban J connectivity index is 1.30. The van der Waals surface area contributed by atoms with E-state index >= 15 is 0 Å². The Morgan fingerprint density at radius 2 is 0.595 bits per heavy atom. The molecule has 0 fully saturated rings. The summed E-state index contributed by atoms with van der Waals surface area (Å²) in [6, 6.07) is 61.0. The predicted octanol–water partition coefficient (Wildman–Crippen LogP) is 11.4. The molecule has 0 N–H and O–H groups in total. The first-order chi connectivity index (χ1) is 20.8. The zero-order chi connectivity index (χ0) is 27.9. The molecule has 7 aromatic carbocycles. The highest BCUT2D eigenvalue weighted by atomic mass is 15.3. The molecule has 42 heavy (non-hydrogen) atoms. The summed E-state index contributed by atoms with van der Waals surface area (Å²) in [6.07, 6.45) is 0. The highest BCUT2D eigenvalue weighted by Crippen LogP contribution is 2.55. The normalized spacial score (nSPS) is 12.2. The molecule has 0 unspecified atom stereocenters. The Hall–Kier alpha value is -5.60. The molecule has 0 saturated heterocycles. The first kappa shape index (κ1) is 24.2. The first-order valence-corrected chi connectivity index (χ1v) is 14.4. The monoisotopic (exact) mass is 536 g/mol. The van der Waals surface area contributed by atoms with Gasteiger partial charge in [0.15, 0.2) is 0 Å². The van der Waals surface area contributed by atoms with Crippen LogP contribution in [0.15, 0.2) is 170 Å². The number of hydrogen-bond donors (Lipinski definition) is 0. The smallest absolute Gasteiger partial charge is 0.0709 e. The van der Waals surface area contributed by atoms with Crippen LogP contribution in [0.3, 0.4) is 0 Å². The van der Waals surface area contributed by atoms with Gasteiger partial charge in [-0.15, -0.1) is 0 Å². The molecule has 0 bridgehead atoms. The van der Waals surface area contributed by atoms with E-state index in [-0.39, 0.29) is 0 Å². The Morgan fingerprint density at radius 3 is 1.00 bits per heavy atom. The number of hydrogen-bond acceptors (Lipinski definition) is 2. The zero-order valence-corrected chi connectivity index (χ0v) is 23.1. The van der Waals surface area contributed by atoms with Crippen molar-refractivity contribution in [2.75, 3.05) is 9.80 Å². The van der Waals surface area contributed by atoms with Crippen molar-refractivity contribution in [2.45, 2.75) is 0 Å². The molecule has 0 aliphatic carbocycles. The van der Waals surface area contributed by atoms with Gasteiger partial charge in [-0.2, -0.15) is 0 Å². The minimum Gasteiger partial charge on any atom is -0.306 e. The SMILES string of the molecule is c1ccc(-c2ccc(N3c4ccccc4N(c4ccc(-c5ccccc5)cc4)c4cc5ccccc5cc43)cc2)cc1. The lowest BCUT2D eigenvalue weighted by Crippen LogP contribution is -2.24. The van der Waals surface area contributed by atoms with Crippen LogP contribution in [-0.2, 0) is 0 Å². The third kappa shape index (κ3) is 4.13. The van der Waals surface area contributed by atoms with Crippen LogP contribution in [0.25, 0.3) is 33.0 Å². The minimum atomic E-state index is 1.14. The van der Waals surface area contributed by atoms with Crippen LogP contribution in [0, 0.1) is 0 Å². The Kier molecular flexibility index (Phi) is 5.82. The van der Waals surface area contributed by atoms with Gasteiger partial charge in [0.2, 0.25) is 0 Å². The number of nitrogens with zero attached hydrogens (tertiary/aromatic N) is 2. The van der Waals surface area contributed by atoms with Gasteiger partial charge in [0, 0.05) is 11.4 Å². The van der Waals surface area contributed by atoms with Crippen LogP contribution in [0.1, 0.15) is 0 Å². The Bertz CT molecular complexity index is 1860. The van der Waals surface area contributed by atoms with Gasteiger partial charge in [-0.25, -0.2) is 0 Å². The van der Waals surface area contributed by atoms with Gasteiger partial charge in [0.25, 0.3) is 0 Å². The summed E-state index contributed by atoms with van der Waals surface area (Å²) in [4.78, 5) is 4.81. The number of anilines is 6. The van der Waals surface area contributed by atoms with Gasteiger partial charge in [-0.1, -0.05) is 121 Å². The second kappa shape index (κ2) is 10.1. The fraction of sp³-hybridized carbons (Fsp3) is 0. The summed E-state index contributed by atoms with van der Waals surface area (Å²) in [5.41, 5.74) is 11.8. The summed E-state index contributed by atoms with van der Waals surface area (Å²) in [6.45, 7) is 0. The van der Waals surface area contributed by atoms with Crippen molar-refractivity contribution in [3.05, 3.63) is 170 Å². The second-order valence-electron chi connectivity index (χ2n) is 10.7. The van der Waals surface area contributed by atoms with E-state index in [0.717, 1.165) is 34.1 Å². The summed E-state index contributed by atoms with van der Waals surface area (Å²) >= 11 is 0. The second-order valence-corrected chi connectivity index (χ2v) is 10.7. The van der Waals surface area contributed by atoms with Gasteiger partial charge in [-0.3, -0.25) is 0 Å². The highest BCUT2D eigenvalue weighted by Gasteiger charge is 2.30. The van der Waals surface area contributed by atoms with Crippen molar-refractivity contribution in [1.82, 2.24) is 0 Å². The fourth-order valence-corrected chi connectivity index (χ4v) is 6.10. The average molecular weight is 537 g/mol. The van der Waals surface area contributed by atoms with E-state index < -0.39 is 0 Å². The van der Waals surface area contributed by atoms with E-state index in [1.807, 2.05) is 0 Å². The molecule has 0 aromatic heterocycles. The summed E-state index contributed by atoms with van der Waals surface area (Å²) < 4.78 is 0. The van der Waals surface area contributed by atoms with Crippen LogP contribution in [0.5, 0.6) is 0 Å². The zero-order valence-electron chi connectivity index (χ0n) is 23.1. The highest BCUT2D eigenvalue weighted by molar-refractivity contribution is 6.06. The van der Waals surface area contributed by atoms with Crippen LogP contribution in [0.4, 0.5) is 34.1 Å². The van der Waals surface area contributed by atoms with Crippen molar-refractivity contribution in [3.8, 4) is 22.3 Å². The molecule has 7 aromatic rings. The van der Waals surface area contributed by atoms with Gasteiger partial charge in [0.1, 0.15) is 0 Å². The quantitative estimate of drug-likeness (QED) is 0.221. The maximum atomic E-state index is 2.40. The lowest BCUT2D eigenvalue weighted by molar-refractivity contribution is 1.17.